The molecule has 0 N–H and O–H groups in total. The second kappa shape index (κ2) is 12.5. The van der Waals surface area contributed by atoms with Gasteiger partial charge in [0.1, 0.15) is 18.5 Å². The number of benzene rings is 3. The number of hydrogen-bond donors (Lipinski definition) is 0. The average Bonchev–Trinajstić information content (AvgIpc) is 3.07. The van der Waals surface area contributed by atoms with Crippen molar-refractivity contribution in [2.45, 2.75) is 38.9 Å². The van der Waals surface area contributed by atoms with Crippen LogP contribution in [0.4, 0.5) is 0 Å². The molecule has 2 atom stereocenters. The summed E-state index contributed by atoms with van der Waals surface area (Å²) in [4.78, 5) is 12.0. The van der Waals surface area contributed by atoms with Gasteiger partial charge in [-0.1, -0.05) is 73.7 Å². The Morgan fingerprint density at radius 1 is 0.861 bits per heavy atom. The fourth-order valence-corrected chi connectivity index (χ4v) is 4.41. The Bertz CT molecular complexity index is 1180. The molecule has 4 rings (SSSR count). The van der Waals surface area contributed by atoms with Crippen LogP contribution in [0, 0.1) is 0 Å². The van der Waals surface area contributed by atoms with Crippen LogP contribution in [-0.4, -0.2) is 39.0 Å². The fraction of sp³-hybridized carbons (Fsp3) is 0.323. The molecule has 3 aromatic carbocycles. The summed E-state index contributed by atoms with van der Waals surface area (Å²) in [6.45, 7) is 5.17. The first kappa shape index (κ1) is 25.7. The quantitative estimate of drug-likeness (QED) is 0.244. The maximum absolute atomic E-state index is 12.0. The summed E-state index contributed by atoms with van der Waals surface area (Å²) in [6, 6.07) is 22.7. The highest BCUT2D eigenvalue weighted by molar-refractivity contribution is 5.76. The average molecular weight is 487 g/mol. The second-order valence-electron chi connectivity index (χ2n) is 8.70. The molecule has 0 fully saturated rings. The van der Waals surface area contributed by atoms with E-state index >= 15 is 0 Å². The first-order chi connectivity index (χ1) is 17.6. The van der Waals surface area contributed by atoms with Crippen LogP contribution >= 0.6 is 0 Å². The molecule has 0 spiro atoms. The highest BCUT2D eigenvalue weighted by Gasteiger charge is 2.22. The first-order valence-corrected chi connectivity index (χ1v) is 12.6. The van der Waals surface area contributed by atoms with Gasteiger partial charge >= 0.3 is 5.97 Å². The van der Waals surface area contributed by atoms with Crippen molar-refractivity contribution in [2.75, 3.05) is 26.9 Å². The molecule has 0 heterocycles. The summed E-state index contributed by atoms with van der Waals surface area (Å²) in [5.41, 5.74) is 7.00. The van der Waals surface area contributed by atoms with E-state index in [-0.39, 0.29) is 12.1 Å². The molecule has 1 aliphatic carbocycles. The number of aryl methyl sites for hydroxylation is 1. The van der Waals surface area contributed by atoms with E-state index in [1.165, 1.54) is 29.4 Å². The molecular formula is C31H34O5. The summed E-state index contributed by atoms with van der Waals surface area (Å²) < 4.78 is 22.7. The number of hydrogen-bond acceptors (Lipinski definition) is 5. The lowest BCUT2D eigenvalue weighted by Gasteiger charge is -2.21. The van der Waals surface area contributed by atoms with Crippen molar-refractivity contribution in [1.29, 1.82) is 0 Å². The predicted molar refractivity (Wildman–Crippen MR) is 142 cm³/mol. The summed E-state index contributed by atoms with van der Waals surface area (Å²) in [5.74, 6) is 0.406. The van der Waals surface area contributed by atoms with Crippen molar-refractivity contribution in [3.8, 4) is 5.75 Å². The van der Waals surface area contributed by atoms with Crippen LogP contribution < -0.4 is 4.74 Å². The van der Waals surface area contributed by atoms with Crippen LogP contribution in [0.2, 0.25) is 0 Å². The third-order valence-electron chi connectivity index (χ3n) is 6.38. The van der Waals surface area contributed by atoms with Crippen molar-refractivity contribution >= 4 is 18.1 Å². The molecule has 2 unspecified atom stereocenters. The van der Waals surface area contributed by atoms with Crippen LogP contribution in [-0.2, 0) is 31.8 Å². The maximum Gasteiger partial charge on any atom is 0.335 e. The van der Waals surface area contributed by atoms with Gasteiger partial charge in [-0.3, -0.25) is 0 Å². The van der Waals surface area contributed by atoms with Gasteiger partial charge in [0.05, 0.1) is 13.2 Å². The zero-order chi connectivity index (χ0) is 25.3. The number of fused-ring (bicyclic) bond motifs is 2. The number of carbonyl (C=O) groups excluding carboxylic acids is 1. The van der Waals surface area contributed by atoms with E-state index in [0.29, 0.717) is 26.2 Å². The van der Waals surface area contributed by atoms with Crippen LogP contribution in [0.1, 0.15) is 53.3 Å². The number of esters is 1. The lowest BCUT2D eigenvalue weighted by molar-refractivity contribution is -0.154. The second-order valence-corrected chi connectivity index (χ2v) is 8.70. The van der Waals surface area contributed by atoms with Gasteiger partial charge in [-0.05, 0) is 58.9 Å². The first-order valence-electron chi connectivity index (χ1n) is 12.6. The van der Waals surface area contributed by atoms with Gasteiger partial charge in [0.25, 0.3) is 0 Å². The minimum atomic E-state index is -0.613. The molecule has 0 radical (unpaired) electrons. The molecule has 188 valence electrons. The van der Waals surface area contributed by atoms with Crippen molar-refractivity contribution in [2.24, 2.45) is 0 Å². The van der Waals surface area contributed by atoms with E-state index in [2.05, 4.69) is 61.5 Å². The van der Waals surface area contributed by atoms with E-state index in [9.17, 15) is 4.79 Å². The topological polar surface area (TPSA) is 54.0 Å². The molecule has 0 saturated heterocycles. The zero-order valence-corrected chi connectivity index (χ0v) is 21.2. The summed E-state index contributed by atoms with van der Waals surface area (Å²) in [7, 11) is 1.52. The molecule has 0 aromatic heterocycles. The van der Waals surface area contributed by atoms with Gasteiger partial charge in [-0.15, -0.1) is 0 Å². The number of carbonyl (C=O) groups is 1. The van der Waals surface area contributed by atoms with E-state index < -0.39 is 6.10 Å². The smallest absolute Gasteiger partial charge is 0.335 e. The van der Waals surface area contributed by atoms with Crippen LogP contribution in [0.25, 0.3) is 12.2 Å². The Morgan fingerprint density at radius 2 is 1.58 bits per heavy atom. The van der Waals surface area contributed by atoms with Gasteiger partial charge in [0.2, 0.25) is 0 Å². The Morgan fingerprint density at radius 3 is 2.33 bits per heavy atom. The normalized spacial score (nSPS) is 14.9. The van der Waals surface area contributed by atoms with Gasteiger partial charge in [0, 0.05) is 13.5 Å². The Hall–Kier alpha value is -3.41. The molecule has 1 aliphatic rings. The van der Waals surface area contributed by atoms with Crippen molar-refractivity contribution in [1.82, 2.24) is 0 Å². The van der Waals surface area contributed by atoms with Crippen LogP contribution in [0.15, 0.2) is 66.7 Å². The molecule has 3 aromatic rings. The van der Waals surface area contributed by atoms with Gasteiger partial charge in [-0.2, -0.15) is 0 Å². The Labute approximate surface area is 213 Å². The molecule has 0 saturated carbocycles. The minimum Gasteiger partial charge on any atom is -0.491 e. The van der Waals surface area contributed by atoms with Crippen molar-refractivity contribution in [3.63, 3.8) is 0 Å². The highest BCUT2D eigenvalue weighted by Crippen LogP contribution is 2.35. The molecular weight excluding hydrogens is 452 g/mol. The summed E-state index contributed by atoms with van der Waals surface area (Å²) >= 11 is 0. The van der Waals surface area contributed by atoms with Crippen molar-refractivity contribution < 1.29 is 23.7 Å². The molecule has 5 nitrogen and oxygen atoms in total. The largest absolute Gasteiger partial charge is 0.491 e. The lowest BCUT2D eigenvalue weighted by atomic mass is 9.95. The SMILES string of the molecule is CCOC(=O)C(Cc1ccc(OCCOC2c3ccccc3C=Cc3cc(CC)ccc32)cc1)OC. The zero-order valence-electron chi connectivity index (χ0n) is 21.2. The van der Waals surface area contributed by atoms with E-state index in [0.717, 1.165) is 23.3 Å². The Balaban J connectivity index is 1.37. The fourth-order valence-electron chi connectivity index (χ4n) is 4.41. The van der Waals surface area contributed by atoms with Crippen LogP contribution in [0.3, 0.4) is 0 Å². The maximum atomic E-state index is 12.0. The molecule has 0 bridgehead atoms. The standard InChI is InChI=1S/C31H34O5/c1-4-22-12-17-28-25(20-22)14-13-24-8-6-7-9-27(24)30(28)36-19-18-35-26-15-10-23(11-16-26)21-29(33-3)31(32)34-5-2/h6-17,20,29-30H,4-5,18-19,21H2,1-3H3. The van der Waals surface area contributed by atoms with E-state index in [1.807, 2.05) is 24.3 Å². The van der Waals surface area contributed by atoms with Crippen LogP contribution in [0.5, 0.6) is 5.75 Å². The van der Waals surface area contributed by atoms with Crippen molar-refractivity contribution in [3.05, 3.63) is 100 Å². The molecule has 0 amide bonds. The number of rotatable bonds is 11. The third-order valence-corrected chi connectivity index (χ3v) is 6.38. The number of ether oxygens (including phenoxy) is 4. The third kappa shape index (κ3) is 6.23. The minimum absolute atomic E-state index is 0.156. The van der Waals surface area contributed by atoms with E-state index in [1.54, 1.807) is 6.92 Å². The van der Waals surface area contributed by atoms with Gasteiger partial charge in [0.15, 0.2) is 6.10 Å². The molecule has 5 heteroatoms. The van der Waals surface area contributed by atoms with E-state index in [4.69, 9.17) is 18.9 Å². The molecule has 0 aliphatic heterocycles. The van der Waals surface area contributed by atoms with Gasteiger partial charge < -0.3 is 18.9 Å². The lowest BCUT2D eigenvalue weighted by Crippen LogP contribution is -2.27. The monoisotopic (exact) mass is 486 g/mol. The highest BCUT2D eigenvalue weighted by atomic mass is 16.6. The predicted octanol–water partition coefficient (Wildman–Crippen LogP) is 6.04. The summed E-state index contributed by atoms with van der Waals surface area (Å²) in [6.07, 6.45) is 5.04. The molecule has 36 heavy (non-hydrogen) atoms. The number of methoxy groups -OCH3 is 1. The summed E-state index contributed by atoms with van der Waals surface area (Å²) in [5, 5.41) is 0. The van der Waals surface area contributed by atoms with Gasteiger partial charge in [-0.25, -0.2) is 4.79 Å². The Kier molecular flexibility index (Phi) is 8.93.